The molecule has 0 atom stereocenters. The molecule has 0 aromatic heterocycles. The molecule has 22 heavy (non-hydrogen) atoms. The van der Waals surface area contributed by atoms with Crippen LogP contribution in [-0.2, 0) is 15.2 Å². The van der Waals surface area contributed by atoms with Gasteiger partial charge in [0.15, 0.2) is 0 Å². The predicted octanol–water partition coefficient (Wildman–Crippen LogP) is 6.53. The molecule has 0 aliphatic carbocycles. The van der Waals surface area contributed by atoms with E-state index in [-0.39, 0.29) is 0 Å². The Kier molecular flexibility index (Phi) is 17.7. The molecule has 0 spiro atoms. The van der Waals surface area contributed by atoms with Gasteiger partial charge in [-0.25, -0.2) is 0 Å². The first-order chi connectivity index (χ1) is 10.7. The van der Waals surface area contributed by atoms with Gasteiger partial charge in [0, 0.05) is 0 Å². The Morgan fingerprint density at radius 3 is 0.636 bits per heavy atom. The number of benzene rings is 3. The number of halogens is 3. The van der Waals surface area contributed by atoms with E-state index in [2.05, 4.69) is 18.2 Å². The van der Waals surface area contributed by atoms with Crippen LogP contribution in [0.4, 0.5) is 0 Å². The van der Waals surface area contributed by atoms with Gasteiger partial charge < -0.3 is 0 Å². The van der Waals surface area contributed by atoms with Crippen LogP contribution in [0, 0.1) is 18.2 Å². The van der Waals surface area contributed by atoms with Crippen molar-refractivity contribution in [3.8, 4) is 0 Å². The van der Waals surface area contributed by atoms with Gasteiger partial charge in [0.25, 0.3) is 0 Å². The Morgan fingerprint density at radius 2 is 0.591 bits per heavy atom. The van der Waals surface area contributed by atoms with Gasteiger partial charge in [0.05, 0.1) is 0 Å². The average Bonchev–Trinajstić information content (AvgIpc) is 2.60. The minimum Gasteiger partial charge on any atom is -0.184 e. The Hall–Kier alpha value is -0.730. The fourth-order valence-electron chi connectivity index (χ4n) is 1.03. The van der Waals surface area contributed by atoms with Crippen LogP contribution in [0.3, 0.4) is 0 Å². The summed E-state index contributed by atoms with van der Waals surface area (Å²) >= 11 is -1.79. The van der Waals surface area contributed by atoms with E-state index in [9.17, 15) is 0 Å². The maximum Gasteiger partial charge on any atom is -0.171 e. The Balaban J connectivity index is 0.000000271. The molecular weight excluding hydrogens is 520 g/mol. The van der Waals surface area contributed by atoms with Crippen LogP contribution in [0.1, 0.15) is 0 Å². The summed E-state index contributed by atoms with van der Waals surface area (Å²) in [6, 6.07) is 37.5. The van der Waals surface area contributed by atoms with Crippen LogP contribution >= 0.6 is 27.6 Å². The quantitative estimate of drug-likeness (QED) is 0.227. The first-order valence-corrected chi connectivity index (χ1v) is 14.1. The van der Waals surface area contributed by atoms with Gasteiger partial charge in [-0.05, 0) is 0 Å². The van der Waals surface area contributed by atoms with Crippen molar-refractivity contribution in [2.75, 3.05) is 0 Å². The zero-order chi connectivity index (χ0) is 16.3. The van der Waals surface area contributed by atoms with Crippen LogP contribution < -0.4 is 0 Å². The molecule has 0 saturated carbocycles. The van der Waals surface area contributed by atoms with E-state index >= 15 is 0 Å². The zero-order valence-corrected chi connectivity index (χ0v) is 16.0. The van der Waals surface area contributed by atoms with E-state index in [1.165, 1.54) is 0 Å². The average molecular weight is 535 g/mol. The molecule has 0 nitrogen and oxygen atoms in total. The summed E-state index contributed by atoms with van der Waals surface area (Å²) in [6.45, 7) is 0. The van der Waals surface area contributed by atoms with Gasteiger partial charge >= 0.3 is 42.8 Å². The van der Waals surface area contributed by atoms with Crippen LogP contribution in [0.2, 0.25) is 0 Å². The fourth-order valence-corrected chi connectivity index (χ4v) is 1.03. The molecule has 3 rings (SSSR count). The third kappa shape index (κ3) is 21.6. The van der Waals surface area contributed by atoms with Crippen molar-refractivity contribution in [1.29, 1.82) is 0 Å². The van der Waals surface area contributed by atoms with Crippen molar-refractivity contribution in [3.63, 3.8) is 0 Å². The summed E-state index contributed by atoms with van der Waals surface area (Å²) < 4.78 is 0. The van der Waals surface area contributed by atoms with Gasteiger partial charge in [-0.1, -0.05) is 0 Å². The van der Waals surface area contributed by atoms with Crippen LogP contribution in [0.5, 0.6) is 0 Å². The van der Waals surface area contributed by atoms with Crippen molar-refractivity contribution in [3.05, 3.63) is 109 Å². The summed E-state index contributed by atoms with van der Waals surface area (Å²) in [5.74, 6) is 0. The Bertz CT molecular complexity index is 347. The molecule has 0 amide bonds. The topological polar surface area (TPSA) is 0 Å². The van der Waals surface area contributed by atoms with E-state index in [1.54, 1.807) is 0 Å². The standard InChI is InChI=1S/3C6H5.Au.3ClH/c3*1-2-4-6-5-3-1;;;;/h3*1-5H;;3*1H/q3*-1;+3;;;/p-3. The third-order valence-corrected chi connectivity index (χ3v) is 1.82. The minimum absolute atomic E-state index is 1.79. The van der Waals surface area contributed by atoms with E-state index < -0.39 is 15.2 Å². The monoisotopic (exact) mass is 533 g/mol. The third-order valence-electron chi connectivity index (χ3n) is 1.82. The van der Waals surface area contributed by atoms with Crippen molar-refractivity contribution in [1.82, 2.24) is 0 Å². The molecule has 0 aliphatic heterocycles. The first kappa shape index (κ1) is 21.3. The number of hydrogen-bond acceptors (Lipinski definition) is 0. The second kappa shape index (κ2) is 18.3. The summed E-state index contributed by atoms with van der Waals surface area (Å²) in [7, 11) is 14.9. The van der Waals surface area contributed by atoms with Crippen molar-refractivity contribution in [2.24, 2.45) is 0 Å². The van der Waals surface area contributed by atoms with E-state index in [0.717, 1.165) is 0 Å². The largest absolute Gasteiger partial charge is 0.184 e. The SMILES string of the molecule is [Cl][Au]([Cl])[Cl].[c-]1ccccc1.[c-]1ccccc1.[c-]1ccccc1. The molecule has 0 aliphatic rings. The maximum atomic E-state index is 4.95. The van der Waals surface area contributed by atoms with Crippen LogP contribution in [0.15, 0.2) is 91.0 Å². The molecule has 3 aromatic rings. The second-order valence-corrected chi connectivity index (χ2v) is 12.8. The summed E-state index contributed by atoms with van der Waals surface area (Å²) in [5.41, 5.74) is 0. The maximum absolute atomic E-state index is 4.95. The molecule has 0 unspecified atom stereocenters. The zero-order valence-electron chi connectivity index (χ0n) is 11.6. The molecule has 0 radical (unpaired) electrons. The molecule has 122 valence electrons. The number of hydrogen-bond donors (Lipinski definition) is 0. The molecule has 0 N–H and O–H groups in total. The Morgan fingerprint density at radius 1 is 0.409 bits per heavy atom. The van der Waals surface area contributed by atoms with Gasteiger partial charge in [0.2, 0.25) is 0 Å². The predicted molar refractivity (Wildman–Crippen MR) is 93.4 cm³/mol. The molecule has 4 heteroatoms. The van der Waals surface area contributed by atoms with Gasteiger partial charge in [-0.15, -0.1) is 0 Å². The number of rotatable bonds is 0. The van der Waals surface area contributed by atoms with Gasteiger partial charge in [-0.3, -0.25) is 0 Å². The summed E-state index contributed by atoms with van der Waals surface area (Å²) in [5, 5.41) is 0. The molecular formula is C18H15AuCl3-3. The molecule has 0 fully saturated rings. The normalized spacial score (nSPS) is 8.59. The molecule has 3 aromatic carbocycles. The summed E-state index contributed by atoms with van der Waals surface area (Å²) in [4.78, 5) is 0. The van der Waals surface area contributed by atoms with Crippen molar-refractivity contribution in [2.45, 2.75) is 0 Å². The van der Waals surface area contributed by atoms with Gasteiger partial charge in [-0.2, -0.15) is 109 Å². The van der Waals surface area contributed by atoms with Crippen molar-refractivity contribution >= 4 is 27.6 Å². The minimum atomic E-state index is -1.79. The fraction of sp³-hybridized carbons (Fsp3) is 0. The smallest absolute Gasteiger partial charge is 0.171 e. The molecule has 0 bridgehead atoms. The van der Waals surface area contributed by atoms with Gasteiger partial charge in [0.1, 0.15) is 0 Å². The van der Waals surface area contributed by atoms with E-state index in [1.807, 2.05) is 91.0 Å². The summed E-state index contributed by atoms with van der Waals surface area (Å²) in [6.07, 6.45) is 0. The van der Waals surface area contributed by atoms with E-state index in [0.29, 0.717) is 0 Å². The Labute approximate surface area is 151 Å². The van der Waals surface area contributed by atoms with E-state index in [4.69, 9.17) is 27.6 Å². The molecule has 0 saturated heterocycles. The first-order valence-electron chi connectivity index (χ1n) is 6.07. The second-order valence-electron chi connectivity index (χ2n) is 3.36. The molecule has 0 heterocycles. The van der Waals surface area contributed by atoms with Crippen molar-refractivity contribution < 1.29 is 15.2 Å². The van der Waals surface area contributed by atoms with Crippen LogP contribution in [0.25, 0.3) is 0 Å². The van der Waals surface area contributed by atoms with Crippen LogP contribution in [-0.4, -0.2) is 0 Å².